The Bertz CT molecular complexity index is 652. The lowest BCUT2D eigenvalue weighted by Gasteiger charge is -2.23. The Balaban J connectivity index is 3.19. The predicted octanol–water partition coefficient (Wildman–Crippen LogP) is 1.65. The number of benzene rings is 1. The summed E-state index contributed by atoms with van der Waals surface area (Å²) in [7, 11) is -4.21. The van der Waals surface area contributed by atoms with Gasteiger partial charge in [-0.1, -0.05) is 0 Å². The maximum atomic E-state index is 12.9. The number of amidine groups is 1. The standard InChI is InChI=1S/C13H18FN3O3S/c1-4-17-11(9-5-7-10(14)8-6-9)20-21(18,19)13(2,3)12(15)16/h5-8H,4H2,1-3H3,(H3,15,16). The van der Waals surface area contributed by atoms with Crippen LogP contribution in [0.3, 0.4) is 0 Å². The quantitative estimate of drug-likeness (QED) is 0.489. The van der Waals surface area contributed by atoms with Crippen molar-refractivity contribution in [2.45, 2.75) is 25.5 Å². The summed E-state index contributed by atoms with van der Waals surface area (Å²) in [5, 5.41) is 7.36. The molecule has 0 spiro atoms. The zero-order valence-corrected chi connectivity index (χ0v) is 12.9. The van der Waals surface area contributed by atoms with Gasteiger partial charge in [-0.05, 0) is 45.0 Å². The van der Waals surface area contributed by atoms with Crippen molar-refractivity contribution < 1.29 is 17.0 Å². The van der Waals surface area contributed by atoms with Gasteiger partial charge in [0.15, 0.2) is 4.75 Å². The number of aliphatic imine (C=N–C) groups is 1. The molecule has 0 aliphatic rings. The Morgan fingerprint density at radius 2 is 1.90 bits per heavy atom. The fraction of sp³-hybridized carbons (Fsp3) is 0.385. The summed E-state index contributed by atoms with van der Waals surface area (Å²) >= 11 is 0. The summed E-state index contributed by atoms with van der Waals surface area (Å²) < 4.78 is 40.7. The molecule has 0 saturated carbocycles. The van der Waals surface area contributed by atoms with E-state index in [2.05, 4.69) is 4.99 Å². The van der Waals surface area contributed by atoms with Crippen molar-refractivity contribution in [2.75, 3.05) is 6.54 Å². The van der Waals surface area contributed by atoms with Gasteiger partial charge >= 0.3 is 10.1 Å². The number of rotatable bonds is 5. The van der Waals surface area contributed by atoms with E-state index in [-0.39, 0.29) is 12.4 Å². The second-order valence-electron chi connectivity index (χ2n) is 4.75. The van der Waals surface area contributed by atoms with Crippen LogP contribution in [0.5, 0.6) is 0 Å². The van der Waals surface area contributed by atoms with Crippen LogP contribution < -0.4 is 5.73 Å². The molecule has 0 amide bonds. The first-order valence-corrected chi connectivity index (χ1v) is 7.61. The minimum atomic E-state index is -4.21. The van der Waals surface area contributed by atoms with Gasteiger partial charge in [0.1, 0.15) is 11.7 Å². The van der Waals surface area contributed by atoms with E-state index < -0.39 is 26.5 Å². The summed E-state index contributed by atoms with van der Waals surface area (Å²) in [4.78, 5) is 3.96. The molecule has 0 aromatic heterocycles. The van der Waals surface area contributed by atoms with Crippen molar-refractivity contribution >= 4 is 21.9 Å². The van der Waals surface area contributed by atoms with E-state index in [1.807, 2.05) is 0 Å². The van der Waals surface area contributed by atoms with Crippen molar-refractivity contribution in [2.24, 2.45) is 10.7 Å². The lowest BCUT2D eigenvalue weighted by molar-refractivity contribution is 0.462. The van der Waals surface area contributed by atoms with Crippen molar-refractivity contribution in [3.63, 3.8) is 0 Å². The normalized spacial score (nSPS) is 13.0. The van der Waals surface area contributed by atoms with Crippen LogP contribution in [0.15, 0.2) is 29.3 Å². The first kappa shape index (κ1) is 17.1. The van der Waals surface area contributed by atoms with Crippen molar-refractivity contribution in [3.05, 3.63) is 35.6 Å². The Hall–Kier alpha value is -1.96. The third-order valence-corrected chi connectivity index (χ3v) is 4.70. The second kappa shape index (κ2) is 6.21. The van der Waals surface area contributed by atoms with Crippen LogP contribution in [0, 0.1) is 11.2 Å². The van der Waals surface area contributed by atoms with Gasteiger partial charge in [0.05, 0.1) is 0 Å². The van der Waals surface area contributed by atoms with E-state index in [1.54, 1.807) is 6.92 Å². The molecule has 1 rings (SSSR count). The highest BCUT2D eigenvalue weighted by molar-refractivity contribution is 7.89. The maximum Gasteiger partial charge on any atom is 0.323 e. The van der Waals surface area contributed by atoms with Crippen molar-refractivity contribution in [3.8, 4) is 0 Å². The molecule has 0 aliphatic heterocycles. The van der Waals surface area contributed by atoms with Crippen LogP contribution in [-0.4, -0.2) is 31.4 Å². The predicted molar refractivity (Wildman–Crippen MR) is 79.5 cm³/mol. The zero-order valence-electron chi connectivity index (χ0n) is 12.1. The van der Waals surface area contributed by atoms with Crippen LogP contribution in [0.1, 0.15) is 26.3 Å². The number of hydrogen-bond acceptors (Lipinski definition) is 5. The molecule has 0 fully saturated rings. The Kier molecular flexibility index (Phi) is 5.06. The largest absolute Gasteiger partial charge is 0.386 e. The third kappa shape index (κ3) is 3.78. The van der Waals surface area contributed by atoms with Crippen LogP contribution in [0.2, 0.25) is 0 Å². The Morgan fingerprint density at radius 1 is 1.38 bits per heavy atom. The Morgan fingerprint density at radius 3 is 2.33 bits per heavy atom. The highest BCUT2D eigenvalue weighted by atomic mass is 32.2. The smallest absolute Gasteiger partial charge is 0.323 e. The fourth-order valence-electron chi connectivity index (χ4n) is 1.24. The fourth-order valence-corrected chi connectivity index (χ4v) is 2.08. The number of halogens is 1. The minimum absolute atomic E-state index is 0.160. The molecule has 116 valence electrons. The van der Waals surface area contributed by atoms with E-state index >= 15 is 0 Å². The van der Waals surface area contributed by atoms with Gasteiger partial charge in [0.2, 0.25) is 5.90 Å². The molecule has 0 bridgehead atoms. The molecular weight excluding hydrogens is 297 g/mol. The average Bonchev–Trinajstić information content (AvgIpc) is 2.38. The summed E-state index contributed by atoms with van der Waals surface area (Å²) in [5.74, 6) is -1.16. The first-order valence-electron chi connectivity index (χ1n) is 6.20. The van der Waals surface area contributed by atoms with Gasteiger partial charge in [-0.3, -0.25) is 10.4 Å². The number of nitrogens with one attached hydrogen (secondary N) is 1. The van der Waals surface area contributed by atoms with Crippen molar-refractivity contribution in [1.29, 1.82) is 5.41 Å². The molecule has 3 N–H and O–H groups in total. The van der Waals surface area contributed by atoms with Crippen molar-refractivity contribution in [1.82, 2.24) is 0 Å². The molecule has 8 heteroatoms. The van der Waals surface area contributed by atoms with E-state index in [4.69, 9.17) is 15.3 Å². The highest BCUT2D eigenvalue weighted by Crippen LogP contribution is 2.20. The van der Waals surface area contributed by atoms with E-state index in [0.717, 1.165) is 0 Å². The molecule has 6 nitrogen and oxygen atoms in total. The summed E-state index contributed by atoms with van der Waals surface area (Å²) in [6, 6.07) is 5.07. The molecule has 0 aliphatic carbocycles. The van der Waals surface area contributed by atoms with Gasteiger partial charge < -0.3 is 9.92 Å². The van der Waals surface area contributed by atoms with Gasteiger partial charge in [0.25, 0.3) is 0 Å². The summed E-state index contributed by atoms with van der Waals surface area (Å²) in [6.07, 6.45) is 0. The highest BCUT2D eigenvalue weighted by Gasteiger charge is 2.40. The summed E-state index contributed by atoms with van der Waals surface area (Å²) in [5.41, 5.74) is 5.62. The van der Waals surface area contributed by atoms with E-state index in [9.17, 15) is 12.8 Å². The monoisotopic (exact) mass is 315 g/mol. The molecule has 0 atom stereocenters. The lowest BCUT2D eigenvalue weighted by atomic mass is 10.2. The molecule has 1 aromatic carbocycles. The molecule has 0 radical (unpaired) electrons. The molecule has 21 heavy (non-hydrogen) atoms. The average molecular weight is 315 g/mol. The maximum absolute atomic E-state index is 12.9. The van der Waals surface area contributed by atoms with E-state index in [0.29, 0.717) is 5.56 Å². The van der Waals surface area contributed by atoms with Gasteiger partial charge in [0, 0.05) is 12.1 Å². The van der Waals surface area contributed by atoms with Gasteiger partial charge in [-0.2, -0.15) is 8.42 Å². The SMILES string of the molecule is CCN=C(OS(=O)(=O)C(C)(C)C(=N)N)c1ccc(F)cc1. The number of nitrogens with two attached hydrogens (primary N) is 1. The Labute approximate surface area is 123 Å². The molecule has 1 aromatic rings. The van der Waals surface area contributed by atoms with Crippen LogP contribution in [0.25, 0.3) is 0 Å². The van der Waals surface area contributed by atoms with Crippen LogP contribution in [-0.2, 0) is 14.3 Å². The zero-order chi connectivity index (χ0) is 16.3. The molecular formula is C13H18FN3O3S. The second-order valence-corrected chi connectivity index (χ2v) is 6.84. The summed E-state index contributed by atoms with van der Waals surface area (Å²) in [6.45, 7) is 4.51. The lowest BCUT2D eigenvalue weighted by Crippen LogP contribution is -2.46. The molecule has 0 heterocycles. The van der Waals surface area contributed by atoms with Crippen LogP contribution >= 0.6 is 0 Å². The van der Waals surface area contributed by atoms with E-state index in [1.165, 1.54) is 38.1 Å². The molecule has 0 unspecified atom stereocenters. The number of hydrogen-bond donors (Lipinski definition) is 2. The molecule has 0 saturated heterocycles. The first-order chi connectivity index (χ1) is 9.61. The van der Waals surface area contributed by atoms with Gasteiger partial charge in [-0.15, -0.1) is 0 Å². The number of nitrogens with zero attached hydrogens (tertiary/aromatic N) is 1. The topological polar surface area (TPSA) is 106 Å². The third-order valence-electron chi connectivity index (χ3n) is 2.86. The van der Waals surface area contributed by atoms with Crippen LogP contribution in [0.4, 0.5) is 4.39 Å². The minimum Gasteiger partial charge on any atom is -0.386 e. The van der Waals surface area contributed by atoms with Gasteiger partial charge in [-0.25, -0.2) is 4.39 Å².